The highest BCUT2D eigenvalue weighted by Gasteiger charge is 2.31. The third-order valence-corrected chi connectivity index (χ3v) is 5.78. The second-order valence-corrected chi connectivity index (χ2v) is 9.47. The van der Waals surface area contributed by atoms with Gasteiger partial charge in [0.1, 0.15) is 17.4 Å². The van der Waals surface area contributed by atoms with Gasteiger partial charge < -0.3 is 20.1 Å². The molecule has 0 spiro atoms. The third kappa shape index (κ3) is 6.61. The predicted octanol–water partition coefficient (Wildman–Crippen LogP) is 5.04. The first-order valence-corrected chi connectivity index (χ1v) is 11.2. The Morgan fingerprint density at radius 2 is 1.97 bits per heavy atom. The van der Waals surface area contributed by atoms with Crippen LogP contribution in [0, 0.1) is 12.5 Å². The van der Waals surface area contributed by atoms with Gasteiger partial charge in [-0.1, -0.05) is 44.2 Å². The number of benzene rings is 1. The quantitative estimate of drug-likeness (QED) is 0.645. The van der Waals surface area contributed by atoms with E-state index in [0.29, 0.717) is 36.8 Å². The van der Waals surface area contributed by atoms with Crippen molar-refractivity contribution in [3.63, 3.8) is 0 Å². The van der Waals surface area contributed by atoms with Crippen LogP contribution in [0.5, 0.6) is 5.75 Å². The molecule has 7 nitrogen and oxygen atoms in total. The van der Waals surface area contributed by atoms with E-state index in [0.717, 1.165) is 18.4 Å². The van der Waals surface area contributed by atoms with Gasteiger partial charge in [-0.3, -0.25) is 4.79 Å². The molecule has 2 aliphatic rings. The maximum absolute atomic E-state index is 13.2. The highest BCUT2D eigenvalue weighted by atomic mass is 16.6. The lowest BCUT2D eigenvalue weighted by molar-refractivity contribution is -0.124. The number of amides is 2. The molecule has 1 aliphatic carbocycles. The zero-order valence-electron chi connectivity index (χ0n) is 18.7. The fourth-order valence-electron chi connectivity index (χ4n) is 4.31. The van der Waals surface area contributed by atoms with Crippen LogP contribution in [0.1, 0.15) is 77.3 Å². The summed E-state index contributed by atoms with van der Waals surface area (Å²) in [7, 11) is 0. The van der Waals surface area contributed by atoms with Gasteiger partial charge in [-0.15, -0.1) is 0 Å². The lowest BCUT2D eigenvalue weighted by Crippen LogP contribution is -2.50. The van der Waals surface area contributed by atoms with Gasteiger partial charge in [-0.25, -0.2) is 9.64 Å². The number of carbonyl (C=O) groups excluding carboxylic acids is 2. The van der Waals surface area contributed by atoms with Gasteiger partial charge in [0, 0.05) is 12.0 Å². The van der Waals surface area contributed by atoms with E-state index < -0.39 is 17.7 Å². The second-order valence-electron chi connectivity index (χ2n) is 9.47. The van der Waals surface area contributed by atoms with Crippen LogP contribution in [-0.4, -0.2) is 30.3 Å². The van der Waals surface area contributed by atoms with Gasteiger partial charge in [0.15, 0.2) is 5.69 Å². The summed E-state index contributed by atoms with van der Waals surface area (Å²) in [5.41, 5.74) is 0.740. The molecule has 0 radical (unpaired) electrons. The van der Waals surface area contributed by atoms with Gasteiger partial charge in [-0.05, 0) is 39.2 Å². The molecule has 1 aromatic carbocycles. The molecular weight excluding hydrogens is 394 g/mol. The van der Waals surface area contributed by atoms with Gasteiger partial charge in [0.05, 0.1) is 19.2 Å². The average molecular weight is 428 g/mol. The highest BCUT2D eigenvalue weighted by molar-refractivity contribution is 5.86. The van der Waals surface area contributed by atoms with Gasteiger partial charge in [-0.2, -0.15) is 0 Å². The Kier molecular flexibility index (Phi) is 7.42. The molecule has 0 saturated heterocycles. The lowest BCUT2D eigenvalue weighted by atomic mass is 9.84. The Morgan fingerprint density at radius 3 is 2.65 bits per heavy atom. The first-order valence-electron chi connectivity index (χ1n) is 11.2. The molecule has 1 aromatic rings. The van der Waals surface area contributed by atoms with E-state index in [-0.39, 0.29) is 11.9 Å². The van der Waals surface area contributed by atoms with Crippen molar-refractivity contribution in [1.29, 1.82) is 0 Å². The monoisotopic (exact) mass is 427 g/mol. The summed E-state index contributed by atoms with van der Waals surface area (Å²) in [4.78, 5) is 29.1. The maximum atomic E-state index is 13.2. The van der Waals surface area contributed by atoms with Gasteiger partial charge in [0.2, 0.25) is 5.91 Å². The van der Waals surface area contributed by atoms with Crippen LogP contribution in [0.25, 0.3) is 4.85 Å². The van der Waals surface area contributed by atoms with Crippen LogP contribution in [0.15, 0.2) is 18.2 Å². The fraction of sp³-hybridized carbons (Fsp3) is 0.625. The number of ether oxygens (including phenoxy) is 2. The molecule has 1 fully saturated rings. The largest absolute Gasteiger partial charge is 0.494 e. The summed E-state index contributed by atoms with van der Waals surface area (Å²) in [6.45, 7) is 13.1. The summed E-state index contributed by atoms with van der Waals surface area (Å²) < 4.78 is 11.1. The summed E-state index contributed by atoms with van der Waals surface area (Å²) in [6, 6.07) is 4.42. The van der Waals surface area contributed by atoms with E-state index in [4.69, 9.17) is 16.0 Å². The minimum atomic E-state index is -0.647. The first kappa shape index (κ1) is 22.9. The van der Waals surface area contributed by atoms with E-state index in [1.165, 1.54) is 19.3 Å². The first-order chi connectivity index (χ1) is 14.7. The molecule has 3 rings (SSSR count). The van der Waals surface area contributed by atoms with Crippen molar-refractivity contribution >= 4 is 17.7 Å². The van der Waals surface area contributed by atoms with E-state index >= 15 is 0 Å². The minimum absolute atomic E-state index is 0.205. The van der Waals surface area contributed by atoms with E-state index in [2.05, 4.69) is 15.5 Å². The Balaban J connectivity index is 1.72. The lowest BCUT2D eigenvalue weighted by Gasteiger charge is -2.31. The van der Waals surface area contributed by atoms with Crippen molar-refractivity contribution in [2.24, 2.45) is 5.92 Å². The van der Waals surface area contributed by atoms with Crippen LogP contribution in [-0.2, 0) is 9.53 Å². The van der Waals surface area contributed by atoms with Crippen LogP contribution in [0.3, 0.4) is 0 Å². The summed E-state index contributed by atoms with van der Waals surface area (Å²) in [5.74, 6) is 0.847. The Bertz CT molecular complexity index is 834. The molecule has 1 saturated carbocycles. The van der Waals surface area contributed by atoms with Crippen LogP contribution < -0.4 is 15.4 Å². The van der Waals surface area contributed by atoms with Crippen LogP contribution in [0.2, 0.25) is 0 Å². The molecule has 1 heterocycles. The van der Waals surface area contributed by atoms with Crippen molar-refractivity contribution in [2.45, 2.75) is 83.4 Å². The number of rotatable bonds is 5. The smallest absolute Gasteiger partial charge is 0.408 e. The van der Waals surface area contributed by atoms with Gasteiger partial charge >= 0.3 is 6.09 Å². The number of fused-ring (bicyclic) bond motifs is 1. The van der Waals surface area contributed by atoms with E-state index in [1.807, 2.05) is 6.07 Å². The third-order valence-electron chi connectivity index (χ3n) is 5.78. The molecular formula is C24H33N3O4. The van der Waals surface area contributed by atoms with Crippen molar-refractivity contribution in [1.82, 2.24) is 10.6 Å². The SMILES string of the molecule is [C-]#[N+]c1ccc2c(c1)OCC[C@@H]2NC(=O)[C@H](CC1CCCCC1)NC(=O)OC(C)(C)C. The van der Waals surface area contributed by atoms with Crippen molar-refractivity contribution in [2.75, 3.05) is 6.61 Å². The molecule has 31 heavy (non-hydrogen) atoms. The zero-order valence-corrected chi connectivity index (χ0v) is 18.7. The minimum Gasteiger partial charge on any atom is -0.494 e. The number of carbonyl (C=O) groups is 2. The summed E-state index contributed by atoms with van der Waals surface area (Å²) in [6.07, 6.45) is 6.41. The summed E-state index contributed by atoms with van der Waals surface area (Å²) in [5, 5.41) is 5.91. The van der Waals surface area contributed by atoms with E-state index in [9.17, 15) is 9.59 Å². The molecule has 0 bridgehead atoms. The fourth-order valence-corrected chi connectivity index (χ4v) is 4.31. The standard InChI is InChI=1S/C24H33N3O4/c1-24(2,3)31-23(29)27-20(14-16-8-6-5-7-9-16)22(28)26-19-12-13-30-21-15-17(25-4)10-11-18(19)21/h10-11,15-16,19-20H,5-9,12-14H2,1-3H3,(H,26,28)(H,27,29)/t19-,20-/m0/s1. The zero-order chi connectivity index (χ0) is 22.4. The highest BCUT2D eigenvalue weighted by Crippen LogP contribution is 2.35. The molecule has 0 aromatic heterocycles. The van der Waals surface area contributed by atoms with Crippen molar-refractivity contribution < 1.29 is 19.1 Å². The molecule has 2 N–H and O–H groups in total. The number of nitrogens with zero attached hydrogens (tertiary/aromatic N) is 1. The molecule has 1 aliphatic heterocycles. The normalized spacial score (nSPS) is 19.9. The van der Waals surface area contributed by atoms with Crippen molar-refractivity contribution in [3.05, 3.63) is 35.2 Å². The number of nitrogens with one attached hydrogen (secondary N) is 2. The molecule has 2 atom stereocenters. The molecule has 168 valence electrons. The van der Waals surface area contributed by atoms with Crippen LogP contribution in [0.4, 0.5) is 10.5 Å². The number of alkyl carbamates (subject to hydrolysis) is 1. The van der Waals surface area contributed by atoms with Crippen LogP contribution >= 0.6 is 0 Å². The van der Waals surface area contributed by atoms with Crippen molar-refractivity contribution in [3.8, 4) is 5.75 Å². The second kappa shape index (κ2) is 10.0. The van der Waals surface area contributed by atoms with Gasteiger partial charge in [0.25, 0.3) is 0 Å². The Labute approximate surface area is 184 Å². The molecule has 0 unspecified atom stereocenters. The average Bonchev–Trinajstić information content (AvgIpc) is 2.72. The number of hydrogen-bond acceptors (Lipinski definition) is 4. The Morgan fingerprint density at radius 1 is 1.23 bits per heavy atom. The Hall–Kier alpha value is -2.75. The predicted molar refractivity (Wildman–Crippen MR) is 118 cm³/mol. The van der Waals surface area contributed by atoms with E-state index in [1.54, 1.807) is 32.9 Å². The molecule has 7 heteroatoms. The topological polar surface area (TPSA) is 81.0 Å². The number of hydrogen-bond donors (Lipinski definition) is 2. The maximum Gasteiger partial charge on any atom is 0.408 e. The molecule has 2 amide bonds. The summed E-state index contributed by atoms with van der Waals surface area (Å²) >= 11 is 0.